The van der Waals surface area contributed by atoms with E-state index in [1.165, 1.54) is 10.6 Å². The minimum atomic E-state index is -3.63. The number of carbonyl (C=O) groups is 1. The first-order valence-electron chi connectivity index (χ1n) is 8.83. The summed E-state index contributed by atoms with van der Waals surface area (Å²) in [4.78, 5) is 23.8. The van der Waals surface area contributed by atoms with E-state index in [0.29, 0.717) is 0 Å². The lowest BCUT2D eigenvalue weighted by molar-refractivity contribution is -0.117. The van der Waals surface area contributed by atoms with Crippen molar-refractivity contribution < 1.29 is 13.2 Å². The Morgan fingerprint density at radius 3 is 2.38 bits per heavy atom. The Balaban J connectivity index is 1.78. The van der Waals surface area contributed by atoms with Crippen molar-refractivity contribution in [2.24, 2.45) is 5.73 Å². The minimum absolute atomic E-state index is 0.0551. The van der Waals surface area contributed by atoms with Crippen molar-refractivity contribution in [3.05, 3.63) is 65.1 Å². The zero-order valence-electron chi connectivity index (χ0n) is 16.0. The Bertz CT molecular complexity index is 1200. The Morgan fingerprint density at radius 1 is 1.17 bits per heavy atom. The molecule has 1 unspecified atom stereocenters. The molecule has 0 fully saturated rings. The van der Waals surface area contributed by atoms with E-state index in [1.54, 1.807) is 18.6 Å². The Kier molecular flexibility index (Phi) is 5.64. The molecule has 2 N–H and O–H groups in total. The number of primary amides is 1. The van der Waals surface area contributed by atoms with Gasteiger partial charge in [0.05, 0.1) is 0 Å². The number of aromatic nitrogens is 4. The average molecular weight is 415 g/mol. The van der Waals surface area contributed by atoms with E-state index in [4.69, 9.17) is 5.73 Å². The standard InChI is InChI=1S/C19H21N5O4S/c1-13-22-21-12-24(13)16-5-3-14(4-6-16)15-7-9-23(18(25)11-15)10-8-17(19(20)26)29(2,27)28/h3-7,9,11-12,17H,8,10H2,1-2H3,(H2,20,26). The summed E-state index contributed by atoms with van der Waals surface area (Å²) in [6, 6.07) is 10.8. The smallest absolute Gasteiger partial charge is 0.251 e. The maximum Gasteiger partial charge on any atom is 0.251 e. The molecule has 10 heteroatoms. The number of benzene rings is 1. The first kappa shape index (κ1) is 20.5. The third-order valence-electron chi connectivity index (χ3n) is 4.66. The number of aryl methyl sites for hydroxylation is 2. The van der Waals surface area contributed by atoms with Gasteiger partial charge in [-0.15, -0.1) is 10.2 Å². The summed E-state index contributed by atoms with van der Waals surface area (Å²) in [6.45, 7) is 1.93. The van der Waals surface area contributed by atoms with Crippen LogP contribution in [-0.4, -0.2) is 45.2 Å². The molecular formula is C19H21N5O4S. The Morgan fingerprint density at radius 2 is 1.86 bits per heavy atom. The lowest BCUT2D eigenvalue weighted by Gasteiger charge is -2.13. The van der Waals surface area contributed by atoms with Crippen LogP contribution in [-0.2, 0) is 21.2 Å². The van der Waals surface area contributed by atoms with E-state index in [9.17, 15) is 18.0 Å². The fourth-order valence-corrected chi connectivity index (χ4v) is 4.01. The van der Waals surface area contributed by atoms with Crippen molar-refractivity contribution >= 4 is 15.7 Å². The summed E-state index contributed by atoms with van der Waals surface area (Å²) < 4.78 is 26.5. The number of nitrogens with zero attached hydrogens (tertiary/aromatic N) is 4. The van der Waals surface area contributed by atoms with Crippen LogP contribution in [0.1, 0.15) is 12.2 Å². The minimum Gasteiger partial charge on any atom is -0.369 e. The first-order valence-corrected chi connectivity index (χ1v) is 10.8. The third kappa shape index (κ3) is 4.60. The zero-order valence-corrected chi connectivity index (χ0v) is 16.8. The van der Waals surface area contributed by atoms with Gasteiger partial charge in [0.15, 0.2) is 9.84 Å². The second-order valence-electron chi connectivity index (χ2n) is 6.75. The molecule has 29 heavy (non-hydrogen) atoms. The van der Waals surface area contributed by atoms with E-state index in [0.717, 1.165) is 28.9 Å². The second kappa shape index (κ2) is 8.00. The number of hydrogen-bond donors (Lipinski definition) is 1. The number of rotatable bonds is 7. The summed E-state index contributed by atoms with van der Waals surface area (Å²) in [5.41, 5.74) is 7.36. The maximum absolute atomic E-state index is 12.4. The van der Waals surface area contributed by atoms with E-state index >= 15 is 0 Å². The lowest BCUT2D eigenvalue weighted by Crippen LogP contribution is -2.36. The van der Waals surface area contributed by atoms with Gasteiger partial charge in [-0.25, -0.2) is 8.42 Å². The van der Waals surface area contributed by atoms with E-state index in [2.05, 4.69) is 10.2 Å². The maximum atomic E-state index is 12.4. The highest BCUT2D eigenvalue weighted by molar-refractivity contribution is 7.92. The van der Waals surface area contributed by atoms with Gasteiger partial charge in [-0.05, 0) is 42.7 Å². The first-order chi connectivity index (χ1) is 13.7. The molecule has 2 aromatic heterocycles. The van der Waals surface area contributed by atoms with Crippen molar-refractivity contribution in [1.29, 1.82) is 0 Å². The molecule has 0 radical (unpaired) electrons. The molecule has 152 valence electrons. The summed E-state index contributed by atoms with van der Waals surface area (Å²) in [5.74, 6) is -0.149. The van der Waals surface area contributed by atoms with Gasteiger partial charge in [0.2, 0.25) is 5.91 Å². The normalized spacial score (nSPS) is 12.6. The molecule has 0 bridgehead atoms. The molecule has 1 aromatic carbocycles. The van der Waals surface area contributed by atoms with Crippen molar-refractivity contribution in [1.82, 2.24) is 19.3 Å². The van der Waals surface area contributed by atoms with Crippen LogP contribution in [0.5, 0.6) is 0 Å². The number of sulfone groups is 1. The zero-order chi connectivity index (χ0) is 21.2. The predicted molar refractivity (Wildman–Crippen MR) is 108 cm³/mol. The molecule has 0 aliphatic carbocycles. The van der Waals surface area contributed by atoms with Gasteiger partial charge in [-0.2, -0.15) is 0 Å². The van der Waals surface area contributed by atoms with Crippen LogP contribution >= 0.6 is 0 Å². The van der Waals surface area contributed by atoms with E-state index < -0.39 is 21.0 Å². The van der Waals surface area contributed by atoms with Gasteiger partial charge < -0.3 is 10.3 Å². The van der Waals surface area contributed by atoms with Crippen LogP contribution in [0.25, 0.3) is 16.8 Å². The molecule has 0 spiro atoms. The Labute approximate surface area is 167 Å². The van der Waals surface area contributed by atoms with Crippen LogP contribution in [0.3, 0.4) is 0 Å². The second-order valence-corrected chi connectivity index (χ2v) is 8.98. The Hall–Kier alpha value is -3.27. The number of nitrogens with two attached hydrogens (primary N) is 1. The molecule has 9 nitrogen and oxygen atoms in total. The number of hydrogen-bond acceptors (Lipinski definition) is 6. The van der Waals surface area contributed by atoms with Crippen molar-refractivity contribution in [2.45, 2.75) is 25.1 Å². The van der Waals surface area contributed by atoms with Crippen molar-refractivity contribution in [3.8, 4) is 16.8 Å². The molecule has 1 atom stereocenters. The summed E-state index contributed by atoms with van der Waals surface area (Å²) in [7, 11) is -3.63. The van der Waals surface area contributed by atoms with Gasteiger partial charge >= 0.3 is 0 Å². The van der Waals surface area contributed by atoms with E-state index in [1.807, 2.05) is 35.8 Å². The molecule has 0 saturated heterocycles. The van der Waals surface area contributed by atoms with Crippen molar-refractivity contribution in [3.63, 3.8) is 0 Å². The molecule has 0 aliphatic heterocycles. The van der Waals surface area contributed by atoms with Gasteiger partial charge in [-0.1, -0.05) is 12.1 Å². The van der Waals surface area contributed by atoms with Crippen LogP contribution in [0, 0.1) is 6.92 Å². The number of pyridine rings is 1. The molecule has 2 heterocycles. The highest BCUT2D eigenvalue weighted by Crippen LogP contribution is 2.20. The monoisotopic (exact) mass is 415 g/mol. The van der Waals surface area contributed by atoms with Crippen LogP contribution in [0.4, 0.5) is 0 Å². The fraction of sp³-hybridized carbons (Fsp3) is 0.263. The largest absolute Gasteiger partial charge is 0.369 e. The van der Waals surface area contributed by atoms with Gasteiger partial charge in [0, 0.05) is 30.8 Å². The van der Waals surface area contributed by atoms with Crippen LogP contribution in [0.2, 0.25) is 0 Å². The van der Waals surface area contributed by atoms with Gasteiger partial charge in [0.1, 0.15) is 17.4 Å². The molecule has 1 amide bonds. The molecule has 3 rings (SSSR count). The summed E-state index contributed by atoms with van der Waals surface area (Å²) in [5, 5.41) is 6.49. The molecular weight excluding hydrogens is 394 g/mol. The SMILES string of the molecule is Cc1nncn1-c1ccc(-c2ccn(CCC(C(N)=O)S(C)(=O)=O)c(=O)c2)cc1. The highest BCUT2D eigenvalue weighted by atomic mass is 32.2. The molecule has 0 aliphatic rings. The lowest BCUT2D eigenvalue weighted by atomic mass is 10.1. The van der Waals surface area contributed by atoms with Gasteiger partial charge in [-0.3, -0.25) is 14.2 Å². The third-order valence-corrected chi connectivity index (χ3v) is 6.16. The number of carbonyl (C=O) groups excluding carboxylic acids is 1. The fourth-order valence-electron chi connectivity index (χ4n) is 3.06. The van der Waals surface area contributed by atoms with Crippen molar-refractivity contribution in [2.75, 3.05) is 6.26 Å². The van der Waals surface area contributed by atoms with E-state index in [-0.39, 0.29) is 18.5 Å². The summed E-state index contributed by atoms with van der Waals surface area (Å²) in [6.07, 6.45) is 4.11. The average Bonchev–Trinajstić information content (AvgIpc) is 3.08. The topological polar surface area (TPSA) is 130 Å². The molecule has 3 aromatic rings. The quantitative estimate of drug-likeness (QED) is 0.604. The van der Waals surface area contributed by atoms with Gasteiger partial charge in [0.25, 0.3) is 5.56 Å². The summed E-state index contributed by atoms with van der Waals surface area (Å²) >= 11 is 0. The van der Waals surface area contributed by atoms with Crippen LogP contribution in [0.15, 0.2) is 53.7 Å². The predicted octanol–water partition coefficient (Wildman–Crippen LogP) is 0.693. The van der Waals surface area contributed by atoms with Crippen LogP contribution < -0.4 is 11.3 Å². The molecule has 0 saturated carbocycles. The highest BCUT2D eigenvalue weighted by Gasteiger charge is 2.26. The number of amides is 1.